The van der Waals surface area contributed by atoms with Gasteiger partial charge in [0.05, 0.1) is 12.3 Å². The standard InChI is InChI=1S/C17H21ClN4O2S/c1-2-22-16(12-3-4-12)20-21-17(22)25-11-15(23)19-9-10-24-14-7-5-13(18)6-8-14/h5-8,12H,2-4,9-11H2,1H3,(H,19,23). The number of aromatic nitrogens is 3. The second-order valence-corrected chi connectivity index (χ2v) is 7.18. The van der Waals surface area contributed by atoms with Gasteiger partial charge < -0.3 is 14.6 Å². The Hall–Kier alpha value is -1.73. The third kappa shape index (κ3) is 5.12. The Kier molecular flexibility index (Phi) is 6.20. The Balaban J connectivity index is 1.37. The molecule has 2 aromatic rings. The van der Waals surface area contributed by atoms with E-state index >= 15 is 0 Å². The minimum Gasteiger partial charge on any atom is -0.492 e. The van der Waals surface area contributed by atoms with E-state index < -0.39 is 0 Å². The van der Waals surface area contributed by atoms with Gasteiger partial charge in [0.2, 0.25) is 5.91 Å². The van der Waals surface area contributed by atoms with E-state index in [4.69, 9.17) is 16.3 Å². The summed E-state index contributed by atoms with van der Waals surface area (Å²) in [6, 6.07) is 7.14. The van der Waals surface area contributed by atoms with E-state index in [9.17, 15) is 4.79 Å². The third-order valence-corrected chi connectivity index (χ3v) is 5.06. The molecule has 1 fully saturated rings. The minimum absolute atomic E-state index is 0.0386. The summed E-state index contributed by atoms with van der Waals surface area (Å²) in [7, 11) is 0. The molecule has 25 heavy (non-hydrogen) atoms. The molecule has 1 aliphatic rings. The minimum atomic E-state index is -0.0386. The second kappa shape index (κ2) is 8.58. The van der Waals surface area contributed by atoms with Crippen LogP contribution in [0.15, 0.2) is 29.4 Å². The largest absolute Gasteiger partial charge is 0.492 e. The molecule has 134 valence electrons. The Morgan fingerprint density at radius 2 is 2.12 bits per heavy atom. The molecule has 1 N–H and O–H groups in total. The van der Waals surface area contributed by atoms with Gasteiger partial charge in [-0.1, -0.05) is 23.4 Å². The molecular formula is C17H21ClN4O2S. The number of benzene rings is 1. The lowest BCUT2D eigenvalue weighted by molar-refractivity contribution is -0.118. The van der Waals surface area contributed by atoms with Crippen LogP contribution in [0.3, 0.4) is 0 Å². The molecule has 1 aromatic carbocycles. The van der Waals surface area contributed by atoms with Crippen molar-refractivity contribution in [2.24, 2.45) is 0 Å². The van der Waals surface area contributed by atoms with Crippen LogP contribution < -0.4 is 10.1 Å². The maximum absolute atomic E-state index is 12.0. The lowest BCUT2D eigenvalue weighted by Gasteiger charge is -2.08. The lowest BCUT2D eigenvalue weighted by Crippen LogP contribution is -2.29. The summed E-state index contributed by atoms with van der Waals surface area (Å²) in [5.41, 5.74) is 0. The second-order valence-electron chi connectivity index (χ2n) is 5.80. The van der Waals surface area contributed by atoms with Crippen LogP contribution in [0, 0.1) is 0 Å². The quantitative estimate of drug-likeness (QED) is 0.534. The molecule has 1 saturated carbocycles. The molecule has 0 atom stereocenters. The van der Waals surface area contributed by atoms with Gasteiger partial charge in [-0.2, -0.15) is 0 Å². The van der Waals surface area contributed by atoms with E-state index in [0.717, 1.165) is 23.3 Å². The zero-order valence-corrected chi connectivity index (χ0v) is 15.6. The molecule has 1 aromatic heterocycles. The molecule has 0 radical (unpaired) electrons. The highest BCUT2D eigenvalue weighted by atomic mass is 35.5. The van der Waals surface area contributed by atoms with Crippen LogP contribution in [0.1, 0.15) is 31.5 Å². The van der Waals surface area contributed by atoms with Crippen molar-refractivity contribution in [1.82, 2.24) is 20.1 Å². The summed E-state index contributed by atoms with van der Waals surface area (Å²) in [6.45, 7) is 3.77. The number of rotatable bonds is 9. The molecule has 0 spiro atoms. The number of ether oxygens (including phenoxy) is 1. The van der Waals surface area contributed by atoms with Crippen molar-refractivity contribution in [1.29, 1.82) is 0 Å². The van der Waals surface area contributed by atoms with E-state index in [2.05, 4.69) is 27.0 Å². The van der Waals surface area contributed by atoms with Crippen LogP contribution in [0.2, 0.25) is 5.02 Å². The highest BCUT2D eigenvalue weighted by molar-refractivity contribution is 7.99. The summed E-state index contributed by atoms with van der Waals surface area (Å²) in [5, 5.41) is 12.8. The fourth-order valence-corrected chi connectivity index (χ4v) is 3.38. The molecule has 0 bridgehead atoms. The molecule has 0 aliphatic heterocycles. The highest BCUT2D eigenvalue weighted by Gasteiger charge is 2.30. The van der Waals surface area contributed by atoms with Crippen LogP contribution in [0.5, 0.6) is 5.75 Å². The van der Waals surface area contributed by atoms with Crippen molar-refractivity contribution in [2.45, 2.75) is 37.4 Å². The number of carbonyl (C=O) groups is 1. The van der Waals surface area contributed by atoms with Gasteiger partial charge in [0, 0.05) is 17.5 Å². The van der Waals surface area contributed by atoms with Crippen LogP contribution in [-0.2, 0) is 11.3 Å². The predicted octanol–water partition coefficient (Wildman–Crippen LogP) is 3.12. The van der Waals surface area contributed by atoms with Crippen molar-refractivity contribution < 1.29 is 9.53 Å². The topological polar surface area (TPSA) is 69.0 Å². The number of nitrogens with zero attached hydrogens (tertiary/aromatic N) is 3. The maximum Gasteiger partial charge on any atom is 0.230 e. The summed E-state index contributed by atoms with van der Waals surface area (Å²) < 4.78 is 7.65. The Labute approximate surface area is 156 Å². The molecule has 1 heterocycles. The van der Waals surface area contributed by atoms with Crippen LogP contribution in [0.25, 0.3) is 0 Å². The normalized spacial score (nSPS) is 13.7. The average Bonchev–Trinajstić information content (AvgIpc) is 3.38. The van der Waals surface area contributed by atoms with Gasteiger partial charge in [-0.3, -0.25) is 4.79 Å². The number of thioether (sulfide) groups is 1. The Morgan fingerprint density at radius 3 is 2.80 bits per heavy atom. The van der Waals surface area contributed by atoms with Gasteiger partial charge in [-0.15, -0.1) is 10.2 Å². The molecule has 8 heteroatoms. The molecular weight excluding hydrogens is 360 g/mol. The van der Waals surface area contributed by atoms with Crippen molar-refractivity contribution in [3.8, 4) is 5.75 Å². The van der Waals surface area contributed by atoms with Crippen LogP contribution >= 0.6 is 23.4 Å². The summed E-state index contributed by atoms with van der Waals surface area (Å²) in [5.74, 6) is 2.63. The molecule has 3 rings (SSSR count). The van der Waals surface area contributed by atoms with Gasteiger partial charge in [0.15, 0.2) is 5.16 Å². The number of amides is 1. The van der Waals surface area contributed by atoms with Gasteiger partial charge in [0.25, 0.3) is 0 Å². The molecule has 0 unspecified atom stereocenters. The van der Waals surface area contributed by atoms with Crippen molar-refractivity contribution in [3.05, 3.63) is 35.1 Å². The smallest absolute Gasteiger partial charge is 0.230 e. The SMILES string of the molecule is CCn1c(SCC(=O)NCCOc2ccc(Cl)cc2)nnc1C1CC1. The molecule has 1 amide bonds. The summed E-state index contributed by atoms with van der Waals surface area (Å²) in [6.07, 6.45) is 2.38. The highest BCUT2D eigenvalue weighted by Crippen LogP contribution is 2.39. The summed E-state index contributed by atoms with van der Waals surface area (Å²) >= 11 is 7.24. The van der Waals surface area contributed by atoms with Gasteiger partial charge in [-0.05, 0) is 44.0 Å². The molecule has 6 nitrogen and oxygen atoms in total. The van der Waals surface area contributed by atoms with Gasteiger partial charge in [-0.25, -0.2) is 0 Å². The zero-order chi connectivity index (χ0) is 17.6. The van der Waals surface area contributed by atoms with E-state index in [1.54, 1.807) is 24.3 Å². The zero-order valence-electron chi connectivity index (χ0n) is 14.1. The van der Waals surface area contributed by atoms with E-state index in [1.807, 2.05) is 0 Å². The molecule has 1 aliphatic carbocycles. The number of halogens is 1. The van der Waals surface area contributed by atoms with E-state index in [1.165, 1.54) is 24.6 Å². The fourth-order valence-electron chi connectivity index (χ4n) is 2.42. The Bertz CT molecular complexity index is 716. The van der Waals surface area contributed by atoms with Gasteiger partial charge >= 0.3 is 0 Å². The third-order valence-electron chi connectivity index (χ3n) is 3.84. The number of hydrogen-bond donors (Lipinski definition) is 1. The van der Waals surface area contributed by atoms with Crippen LogP contribution in [0.4, 0.5) is 0 Å². The Morgan fingerprint density at radius 1 is 1.36 bits per heavy atom. The number of carbonyl (C=O) groups excluding carboxylic acids is 1. The van der Waals surface area contributed by atoms with Crippen molar-refractivity contribution in [2.75, 3.05) is 18.9 Å². The monoisotopic (exact) mass is 380 g/mol. The first-order valence-electron chi connectivity index (χ1n) is 8.38. The number of hydrogen-bond acceptors (Lipinski definition) is 5. The summed E-state index contributed by atoms with van der Waals surface area (Å²) in [4.78, 5) is 12.0. The van der Waals surface area contributed by atoms with Crippen molar-refractivity contribution in [3.63, 3.8) is 0 Å². The molecule has 0 saturated heterocycles. The maximum atomic E-state index is 12.0. The van der Waals surface area contributed by atoms with Crippen LogP contribution in [-0.4, -0.2) is 39.6 Å². The average molecular weight is 381 g/mol. The van der Waals surface area contributed by atoms with E-state index in [-0.39, 0.29) is 5.91 Å². The number of nitrogens with one attached hydrogen (secondary N) is 1. The fraction of sp³-hybridized carbons (Fsp3) is 0.471. The lowest BCUT2D eigenvalue weighted by atomic mass is 10.3. The van der Waals surface area contributed by atoms with Gasteiger partial charge in [0.1, 0.15) is 18.2 Å². The predicted molar refractivity (Wildman–Crippen MR) is 98.4 cm³/mol. The first-order chi connectivity index (χ1) is 12.2. The first kappa shape index (κ1) is 18.1. The van der Waals surface area contributed by atoms with Crippen molar-refractivity contribution >= 4 is 29.3 Å². The van der Waals surface area contributed by atoms with E-state index in [0.29, 0.717) is 29.8 Å². The first-order valence-corrected chi connectivity index (χ1v) is 9.74.